The van der Waals surface area contributed by atoms with Crippen molar-refractivity contribution in [1.29, 1.82) is 0 Å². The second-order valence-corrected chi connectivity index (χ2v) is 3.23. The molecule has 0 aromatic rings. The van der Waals surface area contributed by atoms with Crippen LogP contribution in [0, 0.1) is 0 Å². The molecule has 0 bridgehead atoms. The minimum Gasteiger partial charge on any atom is -0.374 e. The van der Waals surface area contributed by atoms with E-state index in [0.717, 1.165) is 13.0 Å². The molecule has 0 spiro atoms. The van der Waals surface area contributed by atoms with Crippen molar-refractivity contribution in [2.24, 2.45) is 0 Å². The lowest BCUT2D eigenvalue weighted by molar-refractivity contribution is 0.394. The number of likely N-dealkylation sites (N-methyl/N-ethyl adjacent to an activating group) is 1. The third kappa shape index (κ3) is 2.35. The summed E-state index contributed by atoms with van der Waals surface area (Å²) in [5.41, 5.74) is 2.62. The highest BCUT2D eigenvalue weighted by Crippen LogP contribution is 2.22. The van der Waals surface area contributed by atoms with Gasteiger partial charge in [0, 0.05) is 19.3 Å². The van der Waals surface area contributed by atoms with Crippen LogP contribution in [0.15, 0.2) is 48.7 Å². The summed E-state index contributed by atoms with van der Waals surface area (Å²) in [7, 11) is 2.12. The van der Waals surface area contributed by atoms with Gasteiger partial charge in [0.05, 0.1) is 0 Å². The topological polar surface area (TPSA) is 3.24 Å². The number of nitrogens with zero attached hydrogens (tertiary/aromatic N) is 1. The zero-order valence-corrected chi connectivity index (χ0v) is 8.29. The average Bonchev–Trinajstić information content (AvgIpc) is 2.15. The normalized spacial score (nSPS) is 18.1. The molecule has 0 aromatic carbocycles. The highest BCUT2D eigenvalue weighted by molar-refractivity contribution is 5.33. The summed E-state index contributed by atoms with van der Waals surface area (Å²) >= 11 is 0. The minimum atomic E-state index is 1.13. The van der Waals surface area contributed by atoms with Gasteiger partial charge in [-0.25, -0.2) is 0 Å². The summed E-state index contributed by atoms with van der Waals surface area (Å²) in [5.74, 6) is 0. The van der Waals surface area contributed by atoms with E-state index in [0.29, 0.717) is 0 Å². The van der Waals surface area contributed by atoms with Crippen LogP contribution in [-0.2, 0) is 0 Å². The van der Waals surface area contributed by atoms with Gasteiger partial charge in [-0.2, -0.15) is 0 Å². The Labute approximate surface area is 80.7 Å². The fourth-order valence-corrected chi connectivity index (χ4v) is 1.60. The molecule has 70 valence electrons. The van der Waals surface area contributed by atoms with Gasteiger partial charge in [-0.15, -0.1) is 0 Å². The molecule has 1 heterocycles. The van der Waals surface area contributed by atoms with Crippen LogP contribution >= 0.6 is 0 Å². The van der Waals surface area contributed by atoms with Crippen LogP contribution in [0.5, 0.6) is 0 Å². The van der Waals surface area contributed by atoms with Crippen molar-refractivity contribution >= 4 is 0 Å². The Balaban J connectivity index is 2.93. The van der Waals surface area contributed by atoms with Gasteiger partial charge >= 0.3 is 0 Å². The lowest BCUT2D eigenvalue weighted by atomic mass is 10.0. The molecule has 13 heavy (non-hydrogen) atoms. The summed E-state index contributed by atoms with van der Waals surface area (Å²) in [6, 6.07) is 0. The third-order valence-corrected chi connectivity index (χ3v) is 2.32. The van der Waals surface area contributed by atoms with E-state index in [1.54, 1.807) is 6.08 Å². The van der Waals surface area contributed by atoms with E-state index in [1.807, 2.05) is 12.2 Å². The Bertz CT molecular complexity index is 258. The number of hydrogen-bond donors (Lipinski definition) is 0. The van der Waals surface area contributed by atoms with Crippen LogP contribution in [-0.4, -0.2) is 18.5 Å². The van der Waals surface area contributed by atoms with Gasteiger partial charge in [-0.1, -0.05) is 31.4 Å². The first kappa shape index (κ1) is 9.85. The Kier molecular flexibility index (Phi) is 3.56. The smallest absolute Gasteiger partial charge is 0.0395 e. The second-order valence-electron chi connectivity index (χ2n) is 3.23. The Hall–Kier alpha value is -1.24. The first-order valence-electron chi connectivity index (χ1n) is 4.65. The Morgan fingerprint density at radius 2 is 2.15 bits per heavy atom. The summed E-state index contributed by atoms with van der Waals surface area (Å²) in [5, 5.41) is 0. The van der Waals surface area contributed by atoms with Crippen LogP contribution in [0.4, 0.5) is 0 Å². The second kappa shape index (κ2) is 4.70. The first-order chi connectivity index (χ1) is 6.29. The molecule has 0 unspecified atom stereocenters. The van der Waals surface area contributed by atoms with Crippen LogP contribution < -0.4 is 0 Å². The molecule has 0 amide bonds. The van der Waals surface area contributed by atoms with Crippen molar-refractivity contribution in [1.82, 2.24) is 4.90 Å². The Morgan fingerprint density at radius 3 is 2.77 bits per heavy atom. The van der Waals surface area contributed by atoms with E-state index in [1.165, 1.54) is 17.7 Å². The van der Waals surface area contributed by atoms with E-state index in [2.05, 4.69) is 31.2 Å². The molecule has 1 heteroatoms. The van der Waals surface area contributed by atoms with Crippen molar-refractivity contribution in [3.8, 4) is 0 Å². The molecule has 0 saturated carbocycles. The molecule has 0 aliphatic carbocycles. The van der Waals surface area contributed by atoms with Crippen LogP contribution in [0.2, 0.25) is 0 Å². The number of allylic oxidation sites excluding steroid dienone is 5. The molecule has 1 aliphatic heterocycles. The maximum Gasteiger partial charge on any atom is 0.0395 e. The summed E-state index contributed by atoms with van der Waals surface area (Å²) in [6.45, 7) is 8.63. The van der Waals surface area contributed by atoms with Crippen molar-refractivity contribution in [2.45, 2.75) is 12.8 Å². The van der Waals surface area contributed by atoms with Gasteiger partial charge in [-0.3, -0.25) is 0 Å². The fraction of sp³-hybridized carbons (Fsp3) is 0.333. The van der Waals surface area contributed by atoms with Gasteiger partial charge in [-0.05, 0) is 24.5 Å². The first-order valence-corrected chi connectivity index (χ1v) is 4.65. The lowest BCUT2D eigenvalue weighted by Gasteiger charge is -2.27. The molecule has 1 rings (SSSR count). The third-order valence-electron chi connectivity index (χ3n) is 2.32. The lowest BCUT2D eigenvalue weighted by Crippen LogP contribution is -2.23. The quantitative estimate of drug-likeness (QED) is 0.596. The van der Waals surface area contributed by atoms with Gasteiger partial charge in [0.2, 0.25) is 0 Å². The van der Waals surface area contributed by atoms with Crippen LogP contribution in [0.25, 0.3) is 0 Å². The van der Waals surface area contributed by atoms with Crippen molar-refractivity contribution < 1.29 is 0 Å². The molecule has 1 nitrogen and oxygen atoms in total. The van der Waals surface area contributed by atoms with Gasteiger partial charge < -0.3 is 4.90 Å². The molecule has 0 aromatic heterocycles. The van der Waals surface area contributed by atoms with E-state index in [-0.39, 0.29) is 0 Å². The maximum atomic E-state index is 3.83. The summed E-state index contributed by atoms with van der Waals surface area (Å²) < 4.78 is 0. The van der Waals surface area contributed by atoms with E-state index >= 15 is 0 Å². The number of rotatable bonds is 3. The Morgan fingerprint density at radius 1 is 1.38 bits per heavy atom. The molecule has 1 aliphatic rings. The maximum absolute atomic E-state index is 3.83. The number of hydrogen-bond acceptors (Lipinski definition) is 1. The molecular weight excluding hydrogens is 158 g/mol. The van der Waals surface area contributed by atoms with Crippen LogP contribution in [0.1, 0.15) is 12.8 Å². The predicted octanol–water partition coefficient (Wildman–Crippen LogP) is 2.89. The van der Waals surface area contributed by atoms with Gasteiger partial charge in [0.1, 0.15) is 0 Å². The highest BCUT2D eigenvalue weighted by atomic mass is 15.1. The predicted molar refractivity (Wildman–Crippen MR) is 58.4 cm³/mol. The zero-order chi connectivity index (χ0) is 9.68. The zero-order valence-electron chi connectivity index (χ0n) is 8.29. The molecule has 0 radical (unpaired) electrons. The fourth-order valence-electron chi connectivity index (χ4n) is 1.60. The molecule has 0 fully saturated rings. The molecule has 0 N–H and O–H groups in total. The highest BCUT2D eigenvalue weighted by Gasteiger charge is 2.11. The minimum absolute atomic E-state index is 1.13. The average molecular weight is 175 g/mol. The monoisotopic (exact) mass is 175 g/mol. The summed E-state index contributed by atoms with van der Waals surface area (Å²) in [6.07, 6.45) is 10.2. The molecular formula is C12H17N. The van der Waals surface area contributed by atoms with E-state index < -0.39 is 0 Å². The van der Waals surface area contributed by atoms with Crippen molar-refractivity contribution in [3.63, 3.8) is 0 Å². The van der Waals surface area contributed by atoms with Gasteiger partial charge in [0.15, 0.2) is 0 Å². The largest absolute Gasteiger partial charge is 0.374 e. The van der Waals surface area contributed by atoms with Crippen molar-refractivity contribution in [2.75, 3.05) is 13.6 Å². The standard InChI is InChI=1S/C12H17N/c1-4-6-9-12-11(5-2)8-7-10-13(12)3/h4-6,9H,1-2,7-8,10H2,3H3/b9-6-. The van der Waals surface area contributed by atoms with E-state index in [4.69, 9.17) is 0 Å². The van der Waals surface area contributed by atoms with E-state index in [9.17, 15) is 0 Å². The SMILES string of the molecule is C=C/C=C\C1=C(C=C)CCCN1C. The van der Waals surface area contributed by atoms with Crippen molar-refractivity contribution in [3.05, 3.63) is 48.7 Å². The molecule has 0 saturated heterocycles. The van der Waals surface area contributed by atoms with Gasteiger partial charge in [0.25, 0.3) is 0 Å². The molecule has 0 atom stereocenters. The summed E-state index contributed by atoms with van der Waals surface area (Å²) in [4.78, 5) is 2.26. The van der Waals surface area contributed by atoms with Crippen LogP contribution in [0.3, 0.4) is 0 Å².